The molecule has 1 aliphatic rings. The van der Waals surface area contributed by atoms with Crippen molar-refractivity contribution in [2.45, 2.75) is 30.0 Å². The van der Waals surface area contributed by atoms with Gasteiger partial charge in [-0.25, -0.2) is 4.98 Å². The summed E-state index contributed by atoms with van der Waals surface area (Å²) in [4.78, 5) is 22.6. The molecule has 0 saturated heterocycles. The van der Waals surface area contributed by atoms with Gasteiger partial charge in [0.1, 0.15) is 5.25 Å². The number of nitrogens with zero attached hydrogens (tertiary/aromatic N) is 2. The number of hydrogen-bond donors (Lipinski definition) is 1. The molecule has 0 aliphatic carbocycles. The Hall–Kier alpha value is -2.15. The van der Waals surface area contributed by atoms with E-state index in [9.17, 15) is 4.79 Å². The average Bonchev–Trinajstić information content (AvgIpc) is 3.14. The molecule has 0 radical (unpaired) electrons. The van der Waals surface area contributed by atoms with Gasteiger partial charge in [-0.2, -0.15) is 0 Å². The predicted molar refractivity (Wildman–Crippen MR) is 117 cm³/mol. The molecule has 1 aliphatic heterocycles. The zero-order valence-corrected chi connectivity index (χ0v) is 17.4. The average molecular weight is 410 g/mol. The number of fused-ring (bicyclic) bond motifs is 1. The number of benzene rings is 2. The molecular weight excluding hydrogens is 386 g/mol. The SMILES string of the molecule is CCN1CCc2nc(NC(=O)C(Sc3ccccc3)c3ccccc3)sc2C1. The minimum Gasteiger partial charge on any atom is -0.301 e. The molecule has 1 atom stereocenters. The van der Waals surface area contributed by atoms with Gasteiger partial charge in [-0.05, 0) is 24.2 Å². The molecule has 0 saturated carbocycles. The van der Waals surface area contributed by atoms with Crippen molar-refractivity contribution in [1.82, 2.24) is 9.88 Å². The van der Waals surface area contributed by atoms with E-state index in [1.807, 2.05) is 60.7 Å². The lowest BCUT2D eigenvalue weighted by atomic mass is 10.1. The fourth-order valence-electron chi connectivity index (χ4n) is 3.28. The second-order valence-corrected chi connectivity index (χ2v) is 8.98. The summed E-state index contributed by atoms with van der Waals surface area (Å²) >= 11 is 3.17. The Bertz CT molecular complexity index is 927. The topological polar surface area (TPSA) is 45.2 Å². The van der Waals surface area contributed by atoms with E-state index in [4.69, 9.17) is 4.98 Å². The van der Waals surface area contributed by atoms with Gasteiger partial charge < -0.3 is 5.32 Å². The van der Waals surface area contributed by atoms with Crippen LogP contribution in [0.1, 0.15) is 28.3 Å². The van der Waals surface area contributed by atoms with E-state index in [-0.39, 0.29) is 11.2 Å². The third-order valence-corrected chi connectivity index (χ3v) is 7.09. The first-order chi connectivity index (χ1) is 13.7. The van der Waals surface area contributed by atoms with E-state index < -0.39 is 0 Å². The molecule has 1 aromatic heterocycles. The number of amides is 1. The molecule has 0 bridgehead atoms. The smallest absolute Gasteiger partial charge is 0.244 e. The lowest BCUT2D eigenvalue weighted by Crippen LogP contribution is -2.29. The summed E-state index contributed by atoms with van der Waals surface area (Å²) in [6.45, 7) is 5.19. The van der Waals surface area contributed by atoms with Gasteiger partial charge in [-0.1, -0.05) is 55.5 Å². The van der Waals surface area contributed by atoms with Crippen molar-refractivity contribution < 1.29 is 4.79 Å². The first-order valence-electron chi connectivity index (χ1n) is 9.51. The van der Waals surface area contributed by atoms with Gasteiger partial charge in [0.05, 0.1) is 5.69 Å². The monoisotopic (exact) mass is 409 g/mol. The lowest BCUT2D eigenvalue weighted by molar-refractivity contribution is -0.115. The highest BCUT2D eigenvalue weighted by Gasteiger charge is 2.25. The number of rotatable bonds is 6. The van der Waals surface area contributed by atoms with Crippen LogP contribution in [0.5, 0.6) is 0 Å². The first-order valence-corrected chi connectivity index (χ1v) is 11.2. The maximum absolute atomic E-state index is 13.2. The highest BCUT2D eigenvalue weighted by molar-refractivity contribution is 8.00. The van der Waals surface area contributed by atoms with Gasteiger partial charge in [0.15, 0.2) is 5.13 Å². The van der Waals surface area contributed by atoms with Crippen molar-refractivity contribution >= 4 is 34.1 Å². The molecule has 1 amide bonds. The van der Waals surface area contributed by atoms with Crippen LogP contribution in [0.4, 0.5) is 5.13 Å². The minimum absolute atomic E-state index is 0.0292. The molecule has 3 aromatic rings. The fraction of sp³-hybridized carbons (Fsp3) is 0.273. The number of likely N-dealkylation sites (N-methyl/N-ethyl adjacent to an activating group) is 1. The zero-order chi connectivity index (χ0) is 19.3. The number of aromatic nitrogens is 1. The summed E-state index contributed by atoms with van der Waals surface area (Å²) < 4.78 is 0. The summed E-state index contributed by atoms with van der Waals surface area (Å²) in [5, 5.41) is 3.47. The summed E-state index contributed by atoms with van der Waals surface area (Å²) in [6, 6.07) is 20.0. The van der Waals surface area contributed by atoms with Gasteiger partial charge in [0.2, 0.25) is 5.91 Å². The number of carbonyl (C=O) groups excluding carboxylic acids is 1. The van der Waals surface area contributed by atoms with E-state index in [1.165, 1.54) is 4.88 Å². The largest absolute Gasteiger partial charge is 0.301 e. The molecule has 144 valence electrons. The van der Waals surface area contributed by atoms with Crippen molar-refractivity contribution in [3.63, 3.8) is 0 Å². The summed E-state index contributed by atoms with van der Waals surface area (Å²) in [7, 11) is 0. The maximum Gasteiger partial charge on any atom is 0.244 e. The summed E-state index contributed by atoms with van der Waals surface area (Å²) in [5.74, 6) is -0.0292. The van der Waals surface area contributed by atoms with Crippen LogP contribution in [-0.2, 0) is 17.8 Å². The number of hydrogen-bond acceptors (Lipinski definition) is 5. The Balaban J connectivity index is 1.54. The van der Waals surface area contributed by atoms with Gasteiger partial charge in [-0.3, -0.25) is 9.69 Å². The molecule has 1 unspecified atom stereocenters. The van der Waals surface area contributed by atoms with E-state index >= 15 is 0 Å². The highest BCUT2D eigenvalue weighted by atomic mass is 32.2. The molecule has 2 aromatic carbocycles. The Kier molecular flexibility index (Phi) is 6.10. The standard InChI is InChI=1S/C22H23N3OS2/c1-2-25-14-13-18-19(15-25)28-22(23-18)24-21(26)20(16-9-5-3-6-10-16)27-17-11-7-4-8-12-17/h3-12,20H,2,13-15H2,1H3,(H,23,24,26). The Morgan fingerprint density at radius 1 is 1.18 bits per heavy atom. The first kappa shape index (κ1) is 19.2. The molecule has 4 rings (SSSR count). The van der Waals surface area contributed by atoms with Crippen LogP contribution < -0.4 is 5.32 Å². The number of anilines is 1. The second-order valence-electron chi connectivity index (χ2n) is 6.72. The Labute approximate surface area is 174 Å². The number of nitrogens with one attached hydrogen (secondary N) is 1. The third-order valence-electron chi connectivity index (χ3n) is 4.83. The van der Waals surface area contributed by atoms with Crippen LogP contribution in [0.15, 0.2) is 65.6 Å². The van der Waals surface area contributed by atoms with Gasteiger partial charge in [0.25, 0.3) is 0 Å². The molecule has 2 heterocycles. The van der Waals surface area contributed by atoms with Crippen molar-refractivity contribution in [1.29, 1.82) is 0 Å². The van der Waals surface area contributed by atoms with E-state index in [2.05, 4.69) is 17.1 Å². The number of thiazole rings is 1. The van der Waals surface area contributed by atoms with Crippen LogP contribution in [0.3, 0.4) is 0 Å². The molecule has 1 N–H and O–H groups in total. The van der Waals surface area contributed by atoms with E-state index in [0.29, 0.717) is 5.13 Å². The summed E-state index contributed by atoms with van der Waals surface area (Å²) in [6.07, 6.45) is 0.955. The van der Waals surface area contributed by atoms with Crippen molar-refractivity contribution in [2.24, 2.45) is 0 Å². The second kappa shape index (κ2) is 8.90. The Morgan fingerprint density at radius 3 is 2.61 bits per heavy atom. The van der Waals surface area contributed by atoms with E-state index in [0.717, 1.165) is 42.2 Å². The highest BCUT2D eigenvalue weighted by Crippen LogP contribution is 2.37. The van der Waals surface area contributed by atoms with Gasteiger partial charge >= 0.3 is 0 Å². The van der Waals surface area contributed by atoms with Crippen molar-refractivity contribution in [3.8, 4) is 0 Å². The van der Waals surface area contributed by atoms with Crippen LogP contribution in [0.2, 0.25) is 0 Å². The number of thioether (sulfide) groups is 1. The fourth-order valence-corrected chi connectivity index (χ4v) is 5.38. The van der Waals surface area contributed by atoms with Crippen LogP contribution in [0.25, 0.3) is 0 Å². The molecular formula is C22H23N3OS2. The third kappa shape index (κ3) is 4.46. The molecule has 6 heteroatoms. The van der Waals surface area contributed by atoms with Crippen molar-refractivity contribution in [2.75, 3.05) is 18.4 Å². The van der Waals surface area contributed by atoms with Crippen LogP contribution in [-0.4, -0.2) is 28.9 Å². The molecule has 0 fully saturated rings. The van der Waals surface area contributed by atoms with E-state index in [1.54, 1.807) is 23.1 Å². The molecule has 28 heavy (non-hydrogen) atoms. The quantitative estimate of drug-likeness (QED) is 0.583. The normalized spacial score (nSPS) is 15.0. The molecule has 4 nitrogen and oxygen atoms in total. The van der Waals surface area contributed by atoms with Crippen molar-refractivity contribution in [3.05, 3.63) is 76.8 Å². The lowest BCUT2D eigenvalue weighted by Gasteiger charge is -2.23. The van der Waals surface area contributed by atoms with Gasteiger partial charge in [0, 0.05) is 29.3 Å². The zero-order valence-electron chi connectivity index (χ0n) is 15.8. The van der Waals surface area contributed by atoms with Gasteiger partial charge in [-0.15, -0.1) is 23.1 Å². The van der Waals surface area contributed by atoms with Crippen LogP contribution >= 0.6 is 23.1 Å². The number of carbonyl (C=O) groups is 1. The maximum atomic E-state index is 13.2. The van der Waals surface area contributed by atoms with Crippen LogP contribution in [0, 0.1) is 0 Å². The minimum atomic E-state index is -0.323. The Morgan fingerprint density at radius 2 is 1.89 bits per heavy atom. The molecule has 0 spiro atoms. The summed E-state index contributed by atoms with van der Waals surface area (Å²) in [5.41, 5.74) is 2.13. The predicted octanol–water partition coefficient (Wildman–Crippen LogP) is 4.99.